The quantitative estimate of drug-likeness (QED) is 0.0133. The van der Waals surface area contributed by atoms with Crippen LogP contribution in [0.3, 0.4) is 0 Å². The Morgan fingerprint density at radius 2 is 1.61 bits per heavy atom. The number of carbonyl (C=O) groups excluding carboxylic acids is 9. The molecule has 10 atom stereocenters. The van der Waals surface area contributed by atoms with E-state index in [-0.39, 0.29) is 118 Å². The lowest BCUT2D eigenvalue weighted by Gasteiger charge is -2.31. The highest BCUT2D eigenvalue weighted by Crippen LogP contribution is 2.41. The number of thioether (sulfide) groups is 1. The van der Waals surface area contributed by atoms with Crippen molar-refractivity contribution >= 4 is 75.3 Å². The zero-order chi connectivity index (χ0) is 67.3. The van der Waals surface area contributed by atoms with Gasteiger partial charge in [-0.3, -0.25) is 43.2 Å². The summed E-state index contributed by atoms with van der Waals surface area (Å²) in [6.07, 6.45) is -1.06. The van der Waals surface area contributed by atoms with Crippen molar-refractivity contribution in [2.75, 3.05) is 32.2 Å². The van der Waals surface area contributed by atoms with Crippen LogP contribution in [0.1, 0.15) is 172 Å². The first-order chi connectivity index (χ1) is 43.7. The van der Waals surface area contributed by atoms with Gasteiger partial charge in [0.15, 0.2) is 17.2 Å². The van der Waals surface area contributed by atoms with Gasteiger partial charge in [-0.25, -0.2) is 14.2 Å². The minimum absolute atomic E-state index is 0.00737. The molecule has 7 rings (SSSR count). The van der Waals surface area contributed by atoms with Crippen LogP contribution in [0.5, 0.6) is 0 Å². The van der Waals surface area contributed by atoms with Crippen LogP contribution in [-0.2, 0) is 77.8 Å². The van der Waals surface area contributed by atoms with Crippen molar-refractivity contribution in [3.8, 4) is 11.4 Å². The number of rotatable bonds is 36. The molecule has 92 heavy (non-hydrogen) atoms. The molecule has 4 aliphatic rings. The van der Waals surface area contributed by atoms with E-state index in [1.807, 2.05) is 6.07 Å². The number of benzene rings is 1. The Labute approximate surface area is 539 Å². The second kappa shape index (κ2) is 33.3. The molecule has 0 spiro atoms. The zero-order valence-corrected chi connectivity index (χ0v) is 54.4. The number of esters is 1. The van der Waals surface area contributed by atoms with E-state index in [0.717, 1.165) is 42.2 Å². The molecule has 2 aliphatic heterocycles. The van der Waals surface area contributed by atoms with Gasteiger partial charge in [-0.1, -0.05) is 34.1 Å². The summed E-state index contributed by atoms with van der Waals surface area (Å²) in [6.45, 7) is 8.38. The highest BCUT2D eigenvalue weighted by atomic mass is 32.2. The Balaban J connectivity index is 0.866. The van der Waals surface area contributed by atoms with E-state index >= 15 is 4.39 Å². The largest absolute Gasteiger partial charge is 0.458 e. The topological polar surface area (TPSA) is 364 Å². The molecule has 0 radical (unpaired) electrons. The number of aliphatic hydroxyl groups is 6. The smallest absolute Gasteiger partial charge is 0.343 e. The molecule has 9 N–H and O–H groups in total. The molecule has 2 aromatic heterocycles. The van der Waals surface area contributed by atoms with E-state index in [4.69, 9.17) is 19.6 Å². The molecule has 2 unspecified atom stereocenters. The lowest BCUT2D eigenvalue weighted by molar-refractivity contribution is -0.172. The fourth-order valence-corrected chi connectivity index (χ4v) is 14.3. The van der Waals surface area contributed by atoms with Gasteiger partial charge in [-0.05, 0) is 132 Å². The molecule has 506 valence electrons. The van der Waals surface area contributed by atoms with E-state index < -0.39 is 119 Å². The summed E-state index contributed by atoms with van der Waals surface area (Å²) in [5.74, 6) is -5.86. The number of amides is 3. The van der Waals surface area contributed by atoms with Crippen LogP contribution in [-0.4, -0.2) is 161 Å². The second-order valence-corrected chi connectivity index (χ2v) is 27.2. The van der Waals surface area contributed by atoms with Crippen LogP contribution in [0, 0.1) is 48.2 Å². The van der Waals surface area contributed by atoms with E-state index in [0.29, 0.717) is 73.2 Å². The van der Waals surface area contributed by atoms with E-state index in [9.17, 15) is 73.5 Å². The summed E-state index contributed by atoms with van der Waals surface area (Å²) >= 11 is 1.45. The van der Waals surface area contributed by atoms with Crippen molar-refractivity contribution in [1.29, 1.82) is 0 Å². The minimum Gasteiger partial charge on any atom is -0.458 e. The highest BCUT2D eigenvalue weighted by molar-refractivity contribution is 8.00. The number of halogens is 1. The first-order valence-electron chi connectivity index (χ1n) is 32.5. The monoisotopic (exact) mass is 1310 g/mol. The molecule has 23 nitrogen and oxygen atoms in total. The molecule has 2 saturated carbocycles. The molecular weight excluding hydrogens is 1210 g/mol. The van der Waals surface area contributed by atoms with Gasteiger partial charge in [-0.15, -0.1) is 0 Å². The third-order valence-corrected chi connectivity index (χ3v) is 20.3. The van der Waals surface area contributed by atoms with Crippen molar-refractivity contribution in [3.63, 3.8) is 0 Å². The standard InChI is InChI=1S/C67H92FN5O18S/c1-7-67(89)48-27-51-59-42(31-73(51)65(87)47(48)33-91-66(67)88)26-45-44(37(5)49(68)28-50(45)71-59)14-10-11-21-90-34-70-63(85)36(4)23-53(78)58(35(2)3)72-64(86)41(19-20-57(81)69-30-54(79)61(83)62(84)55(80)32-74)25-43(76)13-9-8-12-22-92-56-29-52(77)46(60(56)82)24-39-15-17-40(18-16-39)38(6)75/h26-28,35-36,39-41,46,54-56,58,61-62,74,79-80,83-84,89H,7-25,29-34H2,1-6H3,(H,69,81)(H,70,85)(H,72,86)/t36-,39?,40?,41-,46?,54+,55-,56?,58+,61-,62-,67+/m1/s1. The number of aromatic nitrogens is 2. The summed E-state index contributed by atoms with van der Waals surface area (Å²) in [5.41, 5.74) is 1.13. The van der Waals surface area contributed by atoms with Gasteiger partial charge in [0, 0.05) is 85.6 Å². The van der Waals surface area contributed by atoms with Crippen LogP contribution in [0.4, 0.5) is 4.39 Å². The minimum atomic E-state index is -1.99. The molecule has 0 bridgehead atoms. The van der Waals surface area contributed by atoms with Gasteiger partial charge in [0.1, 0.15) is 54.8 Å². The first kappa shape index (κ1) is 73.2. The van der Waals surface area contributed by atoms with Crippen molar-refractivity contribution in [1.82, 2.24) is 25.5 Å². The lowest BCUT2D eigenvalue weighted by atomic mass is 9.76. The SMILES string of the molecule is CC[C@@]1(O)C(=O)OCc2c1cc1n(c2=O)Cc2cc3c(CCCCOCNC(=O)[C@H](C)CC(=O)[C@@H](NC(=O)[C@H](CCC(=O)NC[C@H](O)[C@@H](O)[C@H](O)[C@H](O)CO)CC(=O)CCCCCSC4CC(=O)C(CC5CCC(C(C)=O)CC5)C4=O)C(C)C)c(C)c(F)cc3nc2-1. The normalized spacial score (nSPS) is 21.7. The number of carbonyl (C=O) groups is 9. The molecule has 4 heterocycles. The lowest BCUT2D eigenvalue weighted by Crippen LogP contribution is -2.49. The van der Waals surface area contributed by atoms with E-state index in [2.05, 4.69) is 16.0 Å². The number of aliphatic hydroxyl groups excluding tert-OH is 5. The van der Waals surface area contributed by atoms with Crippen LogP contribution in [0.2, 0.25) is 0 Å². The van der Waals surface area contributed by atoms with Gasteiger partial charge in [-0.2, -0.15) is 11.8 Å². The Morgan fingerprint density at radius 1 is 0.891 bits per heavy atom. The number of nitrogens with one attached hydrogen (secondary N) is 3. The van der Waals surface area contributed by atoms with Crippen LogP contribution in [0.15, 0.2) is 23.0 Å². The number of hydrogen-bond donors (Lipinski definition) is 9. The molecule has 2 aliphatic carbocycles. The Bertz CT molecular complexity index is 3280. The molecule has 25 heteroatoms. The Morgan fingerprint density at radius 3 is 2.29 bits per heavy atom. The van der Waals surface area contributed by atoms with Crippen molar-refractivity contribution in [2.24, 2.45) is 35.5 Å². The Hall–Kier alpha value is -6.19. The third kappa shape index (κ3) is 18.0. The Kier molecular flexibility index (Phi) is 26.5. The number of ether oxygens (including phenoxy) is 2. The average Bonchev–Trinajstić information content (AvgIpc) is 1.49. The summed E-state index contributed by atoms with van der Waals surface area (Å²) in [6, 6.07) is 3.76. The molecular formula is C67H92FN5O18S. The predicted octanol–water partition coefficient (Wildman–Crippen LogP) is 4.19. The summed E-state index contributed by atoms with van der Waals surface area (Å²) in [7, 11) is 0. The van der Waals surface area contributed by atoms with Crippen molar-refractivity contribution in [3.05, 3.63) is 62.2 Å². The number of cyclic esters (lactones) is 1. The van der Waals surface area contributed by atoms with Gasteiger partial charge in [0.05, 0.1) is 58.9 Å². The molecule has 3 aromatic rings. The maximum Gasteiger partial charge on any atom is 0.343 e. The maximum atomic E-state index is 15.5. The maximum absolute atomic E-state index is 15.5. The van der Waals surface area contributed by atoms with Crippen LogP contribution < -0.4 is 21.5 Å². The van der Waals surface area contributed by atoms with Gasteiger partial charge < -0.3 is 60.6 Å². The molecule has 2 fully saturated rings. The molecule has 0 saturated heterocycles. The van der Waals surface area contributed by atoms with E-state index in [1.54, 1.807) is 47.6 Å². The van der Waals surface area contributed by atoms with Crippen molar-refractivity contribution < 1.29 is 87.7 Å². The zero-order valence-electron chi connectivity index (χ0n) is 53.6. The van der Waals surface area contributed by atoms with Crippen LogP contribution >= 0.6 is 11.8 Å². The van der Waals surface area contributed by atoms with Crippen molar-refractivity contribution in [2.45, 2.75) is 212 Å². The number of pyridine rings is 2. The fraction of sp³-hybridized carbons (Fsp3) is 0.657. The number of aryl methyl sites for hydroxylation is 1. The summed E-state index contributed by atoms with van der Waals surface area (Å²) < 4.78 is 27.9. The number of hydrogen-bond acceptors (Lipinski definition) is 20. The average molecular weight is 1310 g/mol. The third-order valence-electron chi connectivity index (χ3n) is 19.0. The van der Waals surface area contributed by atoms with Gasteiger partial charge in [0.25, 0.3) is 5.56 Å². The molecule has 1 aromatic carbocycles. The summed E-state index contributed by atoms with van der Waals surface area (Å²) in [4.78, 5) is 137. The van der Waals surface area contributed by atoms with Crippen LogP contribution in [0.25, 0.3) is 22.3 Å². The van der Waals surface area contributed by atoms with Gasteiger partial charge >= 0.3 is 5.97 Å². The number of fused-ring (bicyclic) bond motifs is 5. The number of nitrogens with zero attached hydrogens (tertiary/aromatic N) is 2. The number of unbranched alkanes of at least 4 members (excludes halogenated alkanes) is 3. The fourth-order valence-electron chi connectivity index (χ4n) is 13.0. The number of Topliss-reactive ketones (excluding diaryl/α,β-unsaturated/α-hetero) is 5. The van der Waals surface area contributed by atoms with Gasteiger partial charge in [0.2, 0.25) is 17.7 Å². The molecule has 3 amide bonds. The van der Waals surface area contributed by atoms with E-state index in [1.165, 1.54) is 22.4 Å². The summed E-state index contributed by atoms with van der Waals surface area (Å²) in [5, 5.41) is 68.7. The first-order valence-corrected chi connectivity index (χ1v) is 33.5. The number of ketones is 5. The predicted molar refractivity (Wildman–Crippen MR) is 337 cm³/mol. The highest BCUT2D eigenvalue weighted by Gasteiger charge is 2.46. The second-order valence-electron chi connectivity index (χ2n) is 25.9.